The molecule has 0 aromatic heterocycles. The SMILES string of the molecule is Cc1ccccc1N(C)C=Nc1ccccc1. The Morgan fingerprint density at radius 2 is 1.59 bits per heavy atom. The number of para-hydroxylation sites is 2. The first-order valence-electron chi connectivity index (χ1n) is 5.65. The lowest BCUT2D eigenvalue weighted by atomic mass is 10.2. The van der Waals surface area contributed by atoms with E-state index >= 15 is 0 Å². The standard InChI is InChI=1S/C15H16N2/c1-13-8-6-7-11-15(13)17(2)12-16-14-9-4-3-5-10-14/h3-12H,1-2H3. The Morgan fingerprint density at radius 1 is 0.941 bits per heavy atom. The molecule has 2 rings (SSSR count). The maximum Gasteiger partial charge on any atom is 0.0954 e. The second-order valence-corrected chi connectivity index (χ2v) is 3.98. The maximum absolute atomic E-state index is 4.42. The molecule has 0 aliphatic carbocycles. The van der Waals surface area contributed by atoms with E-state index in [1.807, 2.05) is 60.8 Å². The summed E-state index contributed by atoms with van der Waals surface area (Å²) in [5.74, 6) is 0. The van der Waals surface area contributed by atoms with E-state index < -0.39 is 0 Å². The summed E-state index contributed by atoms with van der Waals surface area (Å²) >= 11 is 0. The van der Waals surface area contributed by atoms with Gasteiger partial charge in [0.25, 0.3) is 0 Å². The molecule has 0 aliphatic heterocycles. The van der Waals surface area contributed by atoms with Gasteiger partial charge in [-0.15, -0.1) is 0 Å². The van der Waals surface area contributed by atoms with Crippen LogP contribution in [0.25, 0.3) is 0 Å². The third-order valence-corrected chi connectivity index (χ3v) is 2.63. The molecule has 2 aromatic rings. The molecule has 0 bridgehead atoms. The van der Waals surface area contributed by atoms with E-state index in [1.165, 1.54) is 11.3 Å². The van der Waals surface area contributed by atoms with Gasteiger partial charge >= 0.3 is 0 Å². The molecular weight excluding hydrogens is 208 g/mol. The molecule has 0 aliphatic rings. The van der Waals surface area contributed by atoms with Crippen molar-refractivity contribution in [1.29, 1.82) is 0 Å². The van der Waals surface area contributed by atoms with Gasteiger partial charge in [0.05, 0.1) is 12.0 Å². The fraction of sp³-hybridized carbons (Fsp3) is 0.133. The van der Waals surface area contributed by atoms with Gasteiger partial charge < -0.3 is 4.90 Å². The molecule has 2 heteroatoms. The highest BCUT2D eigenvalue weighted by Gasteiger charge is 1.99. The Morgan fingerprint density at radius 3 is 2.29 bits per heavy atom. The largest absolute Gasteiger partial charge is 0.335 e. The maximum atomic E-state index is 4.42. The Kier molecular flexibility index (Phi) is 3.55. The molecule has 86 valence electrons. The highest BCUT2D eigenvalue weighted by molar-refractivity contribution is 5.81. The molecule has 0 spiro atoms. The van der Waals surface area contributed by atoms with Crippen molar-refractivity contribution in [2.24, 2.45) is 4.99 Å². The van der Waals surface area contributed by atoms with Gasteiger partial charge in [0.2, 0.25) is 0 Å². The normalized spacial score (nSPS) is 10.7. The first kappa shape index (κ1) is 11.4. The van der Waals surface area contributed by atoms with Crippen molar-refractivity contribution >= 4 is 17.7 Å². The summed E-state index contributed by atoms with van der Waals surface area (Å²) in [7, 11) is 2.01. The number of hydrogen-bond donors (Lipinski definition) is 0. The predicted molar refractivity (Wildman–Crippen MR) is 74.2 cm³/mol. The van der Waals surface area contributed by atoms with Crippen LogP contribution in [0.15, 0.2) is 59.6 Å². The van der Waals surface area contributed by atoms with Crippen molar-refractivity contribution in [1.82, 2.24) is 0 Å². The van der Waals surface area contributed by atoms with Gasteiger partial charge in [-0.1, -0.05) is 36.4 Å². The molecule has 0 unspecified atom stereocenters. The number of aliphatic imine (C=N–C) groups is 1. The summed E-state index contributed by atoms with van der Waals surface area (Å²) in [6.07, 6.45) is 1.84. The Balaban J connectivity index is 2.15. The predicted octanol–water partition coefficient (Wildman–Crippen LogP) is 3.79. The number of aryl methyl sites for hydroxylation is 1. The van der Waals surface area contributed by atoms with Crippen molar-refractivity contribution in [3.63, 3.8) is 0 Å². The lowest BCUT2D eigenvalue weighted by Gasteiger charge is -2.15. The Labute approximate surface area is 102 Å². The molecule has 2 nitrogen and oxygen atoms in total. The first-order valence-corrected chi connectivity index (χ1v) is 5.65. The molecule has 0 amide bonds. The van der Waals surface area contributed by atoms with E-state index in [2.05, 4.69) is 24.0 Å². The van der Waals surface area contributed by atoms with Gasteiger partial charge in [-0.05, 0) is 30.7 Å². The topological polar surface area (TPSA) is 15.6 Å². The first-order chi connectivity index (χ1) is 8.27. The van der Waals surface area contributed by atoms with E-state index in [0.29, 0.717) is 0 Å². The number of anilines is 1. The van der Waals surface area contributed by atoms with Gasteiger partial charge in [0, 0.05) is 12.7 Å². The van der Waals surface area contributed by atoms with Crippen molar-refractivity contribution < 1.29 is 0 Å². The molecule has 17 heavy (non-hydrogen) atoms. The van der Waals surface area contributed by atoms with Crippen LogP contribution in [0.3, 0.4) is 0 Å². The highest BCUT2D eigenvalue weighted by atomic mass is 15.1. The smallest absolute Gasteiger partial charge is 0.0954 e. The average Bonchev–Trinajstić information content (AvgIpc) is 2.38. The van der Waals surface area contributed by atoms with E-state index in [0.717, 1.165) is 5.69 Å². The molecule has 0 fully saturated rings. The molecule has 0 saturated carbocycles. The zero-order valence-electron chi connectivity index (χ0n) is 10.2. The summed E-state index contributed by atoms with van der Waals surface area (Å²) in [6, 6.07) is 18.2. The van der Waals surface area contributed by atoms with Crippen molar-refractivity contribution in [2.75, 3.05) is 11.9 Å². The second-order valence-electron chi connectivity index (χ2n) is 3.98. The number of rotatable bonds is 3. The van der Waals surface area contributed by atoms with Gasteiger partial charge in [0.1, 0.15) is 0 Å². The number of hydrogen-bond acceptors (Lipinski definition) is 1. The van der Waals surface area contributed by atoms with Gasteiger partial charge in [-0.3, -0.25) is 0 Å². The third-order valence-electron chi connectivity index (χ3n) is 2.63. The van der Waals surface area contributed by atoms with Crippen LogP contribution in [0.4, 0.5) is 11.4 Å². The molecule has 0 N–H and O–H groups in total. The quantitative estimate of drug-likeness (QED) is 0.572. The van der Waals surface area contributed by atoms with Crippen LogP contribution < -0.4 is 4.90 Å². The second kappa shape index (κ2) is 5.30. The summed E-state index contributed by atoms with van der Waals surface area (Å²) in [4.78, 5) is 6.45. The summed E-state index contributed by atoms with van der Waals surface area (Å²) < 4.78 is 0. The molecule has 0 heterocycles. The zero-order valence-corrected chi connectivity index (χ0v) is 10.2. The molecule has 0 atom stereocenters. The van der Waals surface area contributed by atoms with Crippen LogP contribution in [0.1, 0.15) is 5.56 Å². The van der Waals surface area contributed by atoms with Crippen LogP contribution >= 0.6 is 0 Å². The zero-order chi connectivity index (χ0) is 12.1. The van der Waals surface area contributed by atoms with Crippen molar-refractivity contribution in [3.8, 4) is 0 Å². The van der Waals surface area contributed by atoms with Crippen LogP contribution in [0, 0.1) is 6.92 Å². The van der Waals surface area contributed by atoms with E-state index in [-0.39, 0.29) is 0 Å². The Hall–Kier alpha value is -2.09. The summed E-state index contributed by atoms with van der Waals surface area (Å²) in [5, 5.41) is 0. The molecule has 2 aromatic carbocycles. The third kappa shape index (κ3) is 2.94. The lowest BCUT2D eigenvalue weighted by molar-refractivity contribution is 1.25. The van der Waals surface area contributed by atoms with Crippen LogP contribution in [0.5, 0.6) is 0 Å². The fourth-order valence-corrected chi connectivity index (χ4v) is 1.69. The monoisotopic (exact) mass is 224 g/mol. The van der Waals surface area contributed by atoms with Crippen LogP contribution in [-0.2, 0) is 0 Å². The van der Waals surface area contributed by atoms with Gasteiger partial charge in [0.15, 0.2) is 0 Å². The van der Waals surface area contributed by atoms with E-state index in [9.17, 15) is 0 Å². The highest BCUT2D eigenvalue weighted by Crippen LogP contribution is 2.17. The van der Waals surface area contributed by atoms with Gasteiger partial charge in [-0.25, -0.2) is 4.99 Å². The number of benzene rings is 2. The van der Waals surface area contributed by atoms with E-state index in [4.69, 9.17) is 0 Å². The Bertz CT molecular complexity index is 503. The van der Waals surface area contributed by atoms with Crippen molar-refractivity contribution in [3.05, 3.63) is 60.2 Å². The summed E-state index contributed by atoms with van der Waals surface area (Å²) in [5.41, 5.74) is 3.38. The summed E-state index contributed by atoms with van der Waals surface area (Å²) in [6.45, 7) is 2.10. The average molecular weight is 224 g/mol. The minimum atomic E-state index is 0.966. The van der Waals surface area contributed by atoms with Crippen molar-refractivity contribution in [2.45, 2.75) is 6.92 Å². The van der Waals surface area contributed by atoms with Crippen LogP contribution in [-0.4, -0.2) is 13.4 Å². The minimum absolute atomic E-state index is 0.966. The minimum Gasteiger partial charge on any atom is -0.335 e. The number of nitrogens with zero attached hydrogens (tertiary/aromatic N) is 2. The van der Waals surface area contributed by atoms with Crippen LogP contribution in [0.2, 0.25) is 0 Å². The fourth-order valence-electron chi connectivity index (χ4n) is 1.69. The molecule has 0 saturated heterocycles. The van der Waals surface area contributed by atoms with E-state index in [1.54, 1.807) is 0 Å². The van der Waals surface area contributed by atoms with Gasteiger partial charge in [-0.2, -0.15) is 0 Å². The molecule has 0 radical (unpaired) electrons. The molecular formula is C15H16N2. The lowest BCUT2D eigenvalue weighted by Crippen LogP contribution is -2.14.